The van der Waals surface area contributed by atoms with E-state index < -0.39 is 27.1 Å². The van der Waals surface area contributed by atoms with Crippen LogP contribution in [0.5, 0.6) is 0 Å². The molecule has 2 heterocycles. The number of sulfonamides is 1. The predicted molar refractivity (Wildman–Crippen MR) is 96.6 cm³/mol. The first kappa shape index (κ1) is 21.5. The molecule has 1 atom stereocenters. The van der Waals surface area contributed by atoms with E-state index in [-0.39, 0.29) is 18.4 Å². The third-order valence-corrected chi connectivity index (χ3v) is 7.90. The molecule has 1 N–H and O–H groups in total. The molecule has 1 unspecified atom stereocenters. The summed E-state index contributed by atoms with van der Waals surface area (Å²) in [6.07, 6.45) is 1.74. The first-order valence-corrected chi connectivity index (χ1v) is 11.0. The standard InChI is InChI=1S/C17H31F2N3O3S/c1-4-17(18,19)16(2,3)13-26(24,25)22-11-9-21(10-12-22)14-5-6-15(23)20-8-7-14/h14H,4-13H2,1-3H3,(H,20,23). The van der Waals surface area contributed by atoms with Crippen molar-refractivity contribution in [2.24, 2.45) is 5.41 Å². The maximum Gasteiger partial charge on any atom is 0.253 e. The minimum atomic E-state index is -3.74. The number of carbonyl (C=O) groups is 1. The number of nitrogens with zero attached hydrogens (tertiary/aromatic N) is 2. The molecule has 0 aromatic carbocycles. The van der Waals surface area contributed by atoms with Crippen LogP contribution in [0.4, 0.5) is 8.78 Å². The average Bonchev–Trinajstić information content (AvgIpc) is 2.78. The molecule has 1 amide bonds. The van der Waals surface area contributed by atoms with E-state index in [9.17, 15) is 22.0 Å². The largest absolute Gasteiger partial charge is 0.356 e. The first-order valence-electron chi connectivity index (χ1n) is 9.35. The fourth-order valence-corrected chi connectivity index (χ4v) is 5.78. The second-order valence-electron chi connectivity index (χ2n) is 7.96. The molecule has 6 nitrogen and oxygen atoms in total. The smallest absolute Gasteiger partial charge is 0.253 e. The Kier molecular flexibility index (Phi) is 6.66. The Morgan fingerprint density at radius 3 is 2.35 bits per heavy atom. The summed E-state index contributed by atoms with van der Waals surface area (Å²) in [7, 11) is -3.74. The van der Waals surface area contributed by atoms with Gasteiger partial charge >= 0.3 is 0 Å². The average molecular weight is 396 g/mol. The summed E-state index contributed by atoms with van der Waals surface area (Å²) in [5.74, 6) is -3.52. The van der Waals surface area contributed by atoms with E-state index in [1.165, 1.54) is 25.1 Å². The lowest BCUT2D eigenvalue weighted by Crippen LogP contribution is -2.54. The molecule has 9 heteroatoms. The number of carbonyl (C=O) groups excluding carboxylic acids is 1. The van der Waals surface area contributed by atoms with E-state index in [1.54, 1.807) is 0 Å². The molecule has 2 aliphatic rings. The number of rotatable bonds is 6. The van der Waals surface area contributed by atoms with Gasteiger partial charge in [0, 0.05) is 57.0 Å². The molecule has 152 valence electrons. The number of hydrogen-bond acceptors (Lipinski definition) is 4. The maximum atomic E-state index is 14.1. The van der Waals surface area contributed by atoms with E-state index in [2.05, 4.69) is 10.2 Å². The monoisotopic (exact) mass is 395 g/mol. The lowest BCUT2D eigenvalue weighted by molar-refractivity contribution is -0.120. The Bertz CT molecular complexity index is 602. The van der Waals surface area contributed by atoms with Crippen molar-refractivity contribution in [1.29, 1.82) is 0 Å². The van der Waals surface area contributed by atoms with Crippen LogP contribution < -0.4 is 5.32 Å². The van der Waals surface area contributed by atoms with Crippen LogP contribution in [0.25, 0.3) is 0 Å². The van der Waals surface area contributed by atoms with Gasteiger partial charge in [0.05, 0.1) is 5.75 Å². The fraction of sp³-hybridized carbons (Fsp3) is 0.941. The normalized spacial score (nSPS) is 25.0. The van der Waals surface area contributed by atoms with Crippen molar-refractivity contribution in [2.45, 2.75) is 58.4 Å². The number of nitrogens with one attached hydrogen (secondary N) is 1. The Hall–Kier alpha value is -0.800. The lowest BCUT2D eigenvalue weighted by Gasteiger charge is -2.40. The summed E-state index contributed by atoms with van der Waals surface area (Å²) in [5.41, 5.74) is -1.61. The summed E-state index contributed by atoms with van der Waals surface area (Å²) >= 11 is 0. The van der Waals surface area contributed by atoms with Crippen LogP contribution in [-0.2, 0) is 14.8 Å². The summed E-state index contributed by atoms with van der Waals surface area (Å²) in [6, 6.07) is 0.264. The molecule has 2 aliphatic heterocycles. The van der Waals surface area contributed by atoms with Gasteiger partial charge in [0.25, 0.3) is 5.92 Å². The predicted octanol–water partition coefficient (Wildman–Crippen LogP) is 1.67. The van der Waals surface area contributed by atoms with Gasteiger partial charge in [0.15, 0.2) is 0 Å². The number of hydrogen-bond donors (Lipinski definition) is 1. The highest BCUT2D eigenvalue weighted by molar-refractivity contribution is 7.89. The second kappa shape index (κ2) is 8.06. The zero-order valence-electron chi connectivity index (χ0n) is 15.9. The molecule has 0 aromatic heterocycles. The van der Waals surface area contributed by atoms with Gasteiger partial charge in [0.2, 0.25) is 15.9 Å². The maximum absolute atomic E-state index is 14.1. The van der Waals surface area contributed by atoms with Crippen LogP contribution in [0.15, 0.2) is 0 Å². The molecule has 2 saturated heterocycles. The molecular formula is C17H31F2N3O3S. The molecule has 2 rings (SSSR count). The van der Waals surface area contributed by atoms with Gasteiger partial charge in [-0.25, -0.2) is 17.2 Å². The molecular weight excluding hydrogens is 364 g/mol. The van der Waals surface area contributed by atoms with E-state index in [0.717, 1.165) is 12.8 Å². The van der Waals surface area contributed by atoms with Gasteiger partial charge in [0.1, 0.15) is 0 Å². The van der Waals surface area contributed by atoms with Crippen molar-refractivity contribution in [3.8, 4) is 0 Å². The minimum absolute atomic E-state index is 0.0628. The Morgan fingerprint density at radius 2 is 1.77 bits per heavy atom. The molecule has 0 aliphatic carbocycles. The van der Waals surface area contributed by atoms with Crippen LogP contribution in [-0.4, -0.2) is 74.0 Å². The summed E-state index contributed by atoms with van der Waals surface area (Å²) in [5, 5.41) is 2.85. The van der Waals surface area contributed by atoms with Crippen molar-refractivity contribution in [2.75, 3.05) is 38.5 Å². The Balaban J connectivity index is 1.95. The summed E-state index contributed by atoms with van der Waals surface area (Å²) in [4.78, 5) is 13.7. The quantitative estimate of drug-likeness (QED) is 0.743. The van der Waals surface area contributed by atoms with E-state index in [0.29, 0.717) is 39.1 Å². The molecule has 0 saturated carbocycles. The number of alkyl halides is 2. The highest BCUT2D eigenvalue weighted by atomic mass is 32.2. The van der Waals surface area contributed by atoms with Crippen LogP contribution >= 0.6 is 0 Å². The van der Waals surface area contributed by atoms with Gasteiger partial charge in [-0.2, -0.15) is 4.31 Å². The van der Waals surface area contributed by atoms with Crippen molar-refractivity contribution in [1.82, 2.24) is 14.5 Å². The zero-order chi connectivity index (χ0) is 19.6. The van der Waals surface area contributed by atoms with Gasteiger partial charge in [-0.05, 0) is 12.8 Å². The molecule has 2 fully saturated rings. The van der Waals surface area contributed by atoms with Crippen LogP contribution in [0.1, 0.15) is 46.5 Å². The molecule has 0 radical (unpaired) electrons. The van der Waals surface area contributed by atoms with Gasteiger partial charge in [-0.15, -0.1) is 0 Å². The first-order chi connectivity index (χ1) is 12.0. The Morgan fingerprint density at radius 1 is 1.15 bits per heavy atom. The zero-order valence-corrected chi connectivity index (χ0v) is 16.7. The molecule has 26 heavy (non-hydrogen) atoms. The fourth-order valence-electron chi connectivity index (χ4n) is 3.75. The van der Waals surface area contributed by atoms with E-state index in [1.807, 2.05) is 0 Å². The number of halogens is 2. The third kappa shape index (κ3) is 4.92. The van der Waals surface area contributed by atoms with Crippen molar-refractivity contribution in [3.63, 3.8) is 0 Å². The second-order valence-corrected chi connectivity index (χ2v) is 9.93. The van der Waals surface area contributed by atoms with Crippen molar-refractivity contribution in [3.05, 3.63) is 0 Å². The van der Waals surface area contributed by atoms with E-state index >= 15 is 0 Å². The number of amides is 1. The Labute approximate surface area is 155 Å². The summed E-state index contributed by atoms with van der Waals surface area (Å²) in [6.45, 7) is 6.43. The number of piperazine rings is 1. The minimum Gasteiger partial charge on any atom is -0.356 e. The lowest BCUT2D eigenvalue weighted by atomic mass is 9.86. The van der Waals surface area contributed by atoms with Gasteiger partial charge in [-0.1, -0.05) is 20.8 Å². The molecule has 0 spiro atoms. The molecule has 0 bridgehead atoms. The highest BCUT2D eigenvalue weighted by Gasteiger charge is 2.48. The SMILES string of the molecule is CCC(F)(F)C(C)(C)CS(=O)(=O)N1CCN(C2CCNC(=O)CC2)CC1. The topological polar surface area (TPSA) is 69.7 Å². The highest BCUT2D eigenvalue weighted by Crippen LogP contribution is 2.40. The van der Waals surface area contributed by atoms with E-state index in [4.69, 9.17) is 0 Å². The van der Waals surface area contributed by atoms with Crippen molar-refractivity contribution >= 4 is 15.9 Å². The molecule has 0 aromatic rings. The van der Waals surface area contributed by atoms with Crippen molar-refractivity contribution < 1.29 is 22.0 Å². The van der Waals surface area contributed by atoms with Crippen LogP contribution in [0.2, 0.25) is 0 Å². The van der Waals surface area contributed by atoms with Crippen LogP contribution in [0, 0.1) is 5.41 Å². The summed E-state index contributed by atoms with van der Waals surface area (Å²) < 4.78 is 54.8. The van der Waals surface area contributed by atoms with Crippen LogP contribution in [0.3, 0.4) is 0 Å². The van der Waals surface area contributed by atoms with Gasteiger partial charge in [-0.3, -0.25) is 9.69 Å². The third-order valence-electron chi connectivity index (χ3n) is 5.66. The van der Waals surface area contributed by atoms with Gasteiger partial charge < -0.3 is 5.32 Å².